The number of carbonyl (C=O) groups excluding carboxylic acids is 1. The first-order chi connectivity index (χ1) is 14.2. The molecule has 2 heterocycles. The van der Waals surface area contributed by atoms with Gasteiger partial charge in [-0.05, 0) is 12.1 Å². The quantitative estimate of drug-likeness (QED) is 0.318. The molecule has 9 nitrogen and oxygen atoms in total. The molecule has 0 bridgehead atoms. The number of aryl methyl sites for hydroxylation is 1. The monoisotopic (exact) mass is 526 g/mol. The number of carbonyl (C=O) groups is 1. The number of halogens is 1. The molecule has 0 spiro atoms. The maximum atomic E-state index is 12.5. The Labute approximate surface area is 195 Å². The molecule has 0 unspecified atom stereocenters. The molecule has 0 saturated carbocycles. The number of hydrogen-bond donors (Lipinski definition) is 2. The van der Waals surface area contributed by atoms with E-state index in [1.165, 1.54) is 5.69 Å². The number of aromatic nitrogens is 3. The second kappa shape index (κ2) is 12.4. The minimum absolute atomic E-state index is 0. The summed E-state index contributed by atoms with van der Waals surface area (Å²) in [5.41, 5.74) is 1.21. The maximum Gasteiger partial charge on any atom is 0.242 e. The number of rotatable bonds is 7. The molecule has 2 aromatic rings. The summed E-state index contributed by atoms with van der Waals surface area (Å²) in [7, 11) is 1.70. The zero-order valence-corrected chi connectivity index (χ0v) is 20.0. The standard InChI is InChI=1S/C20H30N8O.HI/c1-3-18-25-24-16-28(18)10-9-22-20(21-2)23-15-19(29)27-13-11-26(12-14-27)17-7-5-4-6-8-17;/h4-8,16H,3,9-15H2,1-2H3,(H2,21,22,23);1H. The third-order valence-electron chi connectivity index (χ3n) is 5.04. The predicted octanol–water partition coefficient (Wildman–Crippen LogP) is 0.972. The summed E-state index contributed by atoms with van der Waals surface area (Å²) >= 11 is 0. The number of aliphatic imine (C=N–C) groups is 1. The van der Waals surface area contributed by atoms with E-state index < -0.39 is 0 Å². The Morgan fingerprint density at radius 2 is 1.87 bits per heavy atom. The van der Waals surface area contributed by atoms with Crippen molar-refractivity contribution in [3.63, 3.8) is 0 Å². The van der Waals surface area contributed by atoms with Gasteiger partial charge in [-0.15, -0.1) is 34.2 Å². The van der Waals surface area contributed by atoms with Gasteiger partial charge in [0.2, 0.25) is 5.91 Å². The van der Waals surface area contributed by atoms with Crippen LogP contribution in [0.5, 0.6) is 0 Å². The third kappa shape index (κ3) is 6.57. The number of benzene rings is 1. The Kier molecular flexibility index (Phi) is 9.84. The fraction of sp³-hybridized carbons (Fsp3) is 0.500. The molecule has 1 fully saturated rings. The molecule has 1 amide bonds. The smallest absolute Gasteiger partial charge is 0.242 e. The van der Waals surface area contributed by atoms with Gasteiger partial charge in [0.05, 0.1) is 6.54 Å². The minimum Gasteiger partial charge on any atom is -0.368 e. The highest BCUT2D eigenvalue weighted by atomic mass is 127. The van der Waals surface area contributed by atoms with Crippen molar-refractivity contribution in [2.45, 2.75) is 19.9 Å². The molecule has 0 radical (unpaired) electrons. The first kappa shape index (κ1) is 23.9. The van der Waals surface area contributed by atoms with Gasteiger partial charge in [0, 0.05) is 58.4 Å². The van der Waals surface area contributed by atoms with Gasteiger partial charge in [-0.3, -0.25) is 9.79 Å². The number of nitrogens with zero attached hydrogens (tertiary/aromatic N) is 6. The van der Waals surface area contributed by atoms with Crippen molar-refractivity contribution in [1.82, 2.24) is 30.3 Å². The molecule has 1 aliphatic rings. The van der Waals surface area contributed by atoms with Crippen LogP contribution < -0.4 is 15.5 Å². The number of anilines is 1. The Hall–Kier alpha value is -2.37. The highest BCUT2D eigenvalue weighted by Crippen LogP contribution is 2.15. The average molecular weight is 526 g/mol. The number of guanidine groups is 1. The van der Waals surface area contributed by atoms with Crippen molar-refractivity contribution >= 4 is 41.5 Å². The Bertz CT molecular complexity index is 802. The molecule has 1 aromatic heterocycles. The summed E-state index contributed by atoms with van der Waals surface area (Å²) in [6, 6.07) is 10.3. The Morgan fingerprint density at radius 1 is 1.13 bits per heavy atom. The maximum absolute atomic E-state index is 12.5. The van der Waals surface area contributed by atoms with Gasteiger partial charge in [0.15, 0.2) is 5.96 Å². The predicted molar refractivity (Wildman–Crippen MR) is 129 cm³/mol. The average Bonchev–Trinajstić information content (AvgIpc) is 3.24. The lowest BCUT2D eigenvalue weighted by atomic mass is 10.2. The summed E-state index contributed by atoms with van der Waals surface area (Å²) in [4.78, 5) is 21.0. The van der Waals surface area contributed by atoms with E-state index in [1.54, 1.807) is 13.4 Å². The van der Waals surface area contributed by atoms with E-state index in [2.05, 4.69) is 49.8 Å². The Balaban J connectivity index is 0.00000320. The van der Waals surface area contributed by atoms with Crippen LogP contribution in [-0.4, -0.2) is 77.8 Å². The van der Waals surface area contributed by atoms with E-state index in [9.17, 15) is 4.79 Å². The van der Waals surface area contributed by atoms with E-state index in [1.807, 2.05) is 27.7 Å². The van der Waals surface area contributed by atoms with Crippen molar-refractivity contribution < 1.29 is 4.79 Å². The summed E-state index contributed by atoms with van der Waals surface area (Å²) in [5, 5.41) is 14.3. The molecule has 1 saturated heterocycles. The first-order valence-electron chi connectivity index (χ1n) is 10.1. The van der Waals surface area contributed by atoms with Gasteiger partial charge in [-0.1, -0.05) is 25.1 Å². The molecule has 3 rings (SSSR count). The molecular weight excluding hydrogens is 495 g/mol. The van der Waals surface area contributed by atoms with Gasteiger partial charge < -0.3 is 25.0 Å². The lowest BCUT2D eigenvalue weighted by Gasteiger charge is -2.36. The molecule has 0 aliphatic carbocycles. The van der Waals surface area contributed by atoms with Crippen molar-refractivity contribution in [3.05, 3.63) is 42.5 Å². The normalized spacial score (nSPS) is 14.3. The van der Waals surface area contributed by atoms with Crippen molar-refractivity contribution in [2.75, 3.05) is 51.2 Å². The summed E-state index contributed by atoms with van der Waals surface area (Å²) < 4.78 is 2.01. The fourth-order valence-corrected chi connectivity index (χ4v) is 3.38. The second-order valence-corrected chi connectivity index (χ2v) is 6.85. The highest BCUT2D eigenvalue weighted by molar-refractivity contribution is 14.0. The van der Waals surface area contributed by atoms with Crippen LogP contribution in [0.15, 0.2) is 41.7 Å². The number of para-hydroxylation sites is 1. The van der Waals surface area contributed by atoms with Crippen LogP contribution in [-0.2, 0) is 17.8 Å². The fourth-order valence-electron chi connectivity index (χ4n) is 3.38. The Morgan fingerprint density at radius 3 is 2.53 bits per heavy atom. The van der Waals surface area contributed by atoms with Crippen molar-refractivity contribution in [1.29, 1.82) is 0 Å². The largest absolute Gasteiger partial charge is 0.368 e. The molecule has 10 heteroatoms. The first-order valence-corrected chi connectivity index (χ1v) is 10.1. The topological polar surface area (TPSA) is 90.7 Å². The van der Waals surface area contributed by atoms with E-state index in [0.717, 1.165) is 45.0 Å². The summed E-state index contributed by atoms with van der Waals surface area (Å²) in [6.07, 6.45) is 2.58. The van der Waals surface area contributed by atoms with E-state index in [-0.39, 0.29) is 36.4 Å². The van der Waals surface area contributed by atoms with E-state index in [0.29, 0.717) is 12.5 Å². The van der Waals surface area contributed by atoms with Crippen LogP contribution in [0.2, 0.25) is 0 Å². The van der Waals surface area contributed by atoms with Gasteiger partial charge in [-0.25, -0.2) is 0 Å². The van der Waals surface area contributed by atoms with Gasteiger partial charge in [0.1, 0.15) is 12.2 Å². The van der Waals surface area contributed by atoms with Crippen LogP contribution >= 0.6 is 24.0 Å². The SMILES string of the molecule is CCc1nncn1CCNC(=NC)NCC(=O)N1CCN(c2ccccc2)CC1.I. The molecule has 164 valence electrons. The molecule has 2 N–H and O–H groups in total. The summed E-state index contributed by atoms with van der Waals surface area (Å²) in [5.74, 6) is 1.67. The van der Waals surface area contributed by atoms with Crippen LogP contribution in [0.25, 0.3) is 0 Å². The number of amides is 1. The molecular formula is C20H31IN8O. The van der Waals surface area contributed by atoms with Gasteiger partial charge in [0.25, 0.3) is 0 Å². The molecule has 0 atom stereocenters. The van der Waals surface area contributed by atoms with Crippen LogP contribution in [0, 0.1) is 0 Å². The number of piperazine rings is 1. The molecule has 1 aromatic carbocycles. The van der Waals surface area contributed by atoms with E-state index in [4.69, 9.17) is 0 Å². The minimum atomic E-state index is 0. The zero-order valence-electron chi connectivity index (χ0n) is 17.6. The number of nitrogens with one attached hydrogen (secondary N) is 2. The van der Waals surface area contributed by atoms with Gasteiger partial charge in [-0.2, -0.15) is 0 Å². The van der Waals surface area contributed by atoms with Crippen LogP contribution in [0.1, 0.15) is 12.7 Å². The summed E-state index contributed by atoms with van der Waals surface area (Å²) in [6.45, 7) is 6.87. The highest BCUT2D eigenvalue weighted by Gasteiger charge is 2.21. The van der Waals surface area contributed by atoms with Crippen LogP contribution in [0.4, 0.5) is 5.69 Å². The van der Waals surface area contributed by atoms with Gasteiger partial charge >= 0.3 is 0 Å². The van der Waals surface area contributed by atoms with E-state index >= 15 is 0 Å². The molecule has 30 heavy (non-hydrogen) atoms. The third-order valence-corrected chi connectivity index (χ3v) is 5.04. The van der Waals surface area contributed by atoms with Crippen molar-refractivity contribution in [3.8, 4) is 0 Å². The zero-order chi connectivity index (χ0) is 20.5. The second-order valence-electron chi connectivity index (χ2n) is 6.85. The van der Waals surface area contributed by atoms with Crippen molar-refractivity contribution in [2.24, 2.45) is 4.99 Å². The number of hydrogen-bond acceptors (Lipinski definition) is 5. The van der Waals surface area contributed by atoms with Crippen LogP contribution in [0.3, 0.4) is 0 Å². The molecule has 1 aliphatic heterocycles. The lowest BCUT2D eigenvalue weighted by molar-refractivity contribution is -0.130. The lowest BCUT2D eigenvalue weighted by Crippen LogP contribution is -2.52.